The minimum atomic E-state index is -0.246. The fourth-order valence-corrected chi connectivity index (χ4v) is 5.71. The molecule has 172 valence electrons. The third-order valence-corrected chi connectivity index (χ3v) is 7.32. The Morgan fingerprint density at radius 1 is 1.34 bits per heavy atom. The molecule has 2 saturated heterocycles. The number of thiocarbonyl (C=S) groups is 1. The van der Waals surface area contributed by atoms with Crippen molar-refractivity contribution in [3.63, 3.8) is 0 Å². The summed E-state index contributed by atoms with van der Waals surface area (Å²) in [5.41, 5.74) is 1.32. The Hall–Kier alpha value is -2.11. The average molecular weight is 473 g/mol. The quantitative estimate of drug-likeness (QED) is 0.447. The van der Waals surface area contributed by atoms with Crippen molar-refractivity contribution in [1.29, 1.82) is 5.26 Å². The molecule has 2 aliphatic rings. The Kier molecular flexibility index (Phi) is 7.84. The van der Waals surface area contributed by atoms with Crippen molar-refractivity contribution in [2.75, 3.05) is 24.5 Å². The molecular formula is C24H32N4O2S2. The van der Waals surface area contributed by atoms with E-state index in [0.29, 0.717) is 39.7 Å². The van der Waals surface area contributed by atoms with Crippen molar-refractivity contribution < 1.29 is 4.79 Å². The summed E-state index contributed by atoms with van der Waals surface area (Å²) in [5.74, 6) is 1.55. The Labute approximate surface area is 200 Å². The SMILES string of the molecule is CCCn1c(N2CCCC(C)C2)c(/C=C2\SC(=S)N(CC(C)C)C2=O)c(C)c(C#N)c1=O. The van der Waals surface area contributed by atoms with Crippen molar-refractivity contribution >= 4 is 46.1 Å². The van der Waals surface area contributed by atoms with Crippen molar-refractivity contribution in [3.05, 3.63) is 31.9 Å². The van der Waals surface area contributed by atoms with Crippen molar-refractivity contribution in [2.24, 2.45) is 11.8 Å². The maximum atomic E-state index is 13.2. The number of nitrogens with zero attached hydrogens (tertiary/aromatic N) is 4. The van der Waals surface area contributed by atoms with Crippen molar-refractivity contribution in [2.45, 2.75) is 60.4 Å². The number of anilines is 1. The standard InChI is InChI=1S/C24H32N4O2S2/c1-6-9-27-21(26-10-7-8-16(4)14-26)18(17(5)19(12-25)22(27)29)11-20-23(30)28(13-15(2)3)24(31)32-20/h11,15-16H,6-10,13-14H2,1-5H3/b20-11-. The van der Waals surface area contributed by atoms with Crippen LogP contribution < -0.4 is 10.5 Å². The van der Waals surface area contributed by atoms with Crippen LogP contribution in [0.15, 0.2) is 9.70 Å². The Bertz CT molecular complexity index is 1050. The fourth-order valence-electron chi connectivity index (χ4n) is 4.45. The molecule has 1 aromatic rings. The molecular weight excluding hydrogens is 440 g/mol. The van der Waals surface area contributed by atoms with Crippen LogP contribution >= 0.6 is 24.0 Å². The molecule has 1 unspecified atom stereocenters. The minimum absolute atomic E-state index is 0.0992. The lowest BCUT2D eigenvalue weighted by Gasteiger charge is -2.36. The molecule has 1 atom stereocenters. The van der Waals surface area contributed by atoms with Crippen molar-refractivity contribution in [1.82, 2.24) is 9.47 Å². The largest absolute Gasteiger partial charge is 0.357 e. The molecule has 0 spiro atoms. The summed E-state index contributed by atoms with van der Waals surface area (Å²) in [5, 5.41) is 9.76. The number of pyridine rings is 1. The third-order valence-electron chi connectivity index (χ3n) is 5.95. The van der Waals surface area contributed by atoms with E-state index in [2.05, 4.69) is 31.7 Å². The van der Waals surface area contributed by atoms with Gasteiger partial charge in [-0.2, -0.15) is 5.26 Å². The van der Waals surface area contributed by atoms with E-state index in [1.165, 1.54) is 11.8 Å². The molecule has 1 aromatic heterocycles. The van der Waals surface area contributed by atoms with Crippen LogP contribution in [0, 0.1) is 30.1 Å². The molecule has 8 heteroatoms. The van der Waals surface area contributed by atoms with Gasteiger partial charge in [-0.1, -0.05) is 51.7 Å². The first-order valence-corrected chi connectivity index (χ1v) is 12.6. The van der Waals surface area contributed by atoms with Gasteiger partial charge in [-0.15, -0.1) is 0 Å². The number of carbonyl (C=O) groups excluding carboxylic acids is 1. The van der Waals surface area contributed by atoms with Gasteiger partial charge in [-0.3, -0.25) is 19.1 Å². The van der Waals surface area contributed by atoms with Gasteiger partial charge in [0.1, 0.15) is 21.8 Å². The van der Waals surface area contributed by atoms with E-state index in [4.69, 9.17) is 12.2 Å². The first-order valence-electron chi connectivity index (χ1n) is 11.4. The van der Waals surface area contributed by atoms with Crippen LogP contribution in [-0.2, 0) is 11.3 Å². The molecule has 3 rings (SSSR count). The average Bonchev–Trinajstić information content (AvgIpc) is 2.99. The molecule has 0 saturated carbocycles. The molecule has 0 radical (unpaired) electrons. The van der Waals surface area contributed by atoms with Crippen LogP contribution in [0.1, 0.15) is 63.6 Å². The van der Waals surface area contributed by atoms with Crippen LogP contribution in [0.4, 0.5) is 5.82 Å². The summed E-state index contributed by atoms with van der Waals surface area (Å²) in [7, 11) is 0. The van der Waals surface area contributed by atoms with Crippen LogP contribution in [0.25, 0.3) is 6.08 Å². The third kappa shape index (κ3) is 4.79. The maximum absolute atomic E-state index is 13.2. The zero-order chi connectivity index (χ0) is 23.6. The smallest absolute Gasteiger partial charge is 0.270 e. The first-order chi connectivity index (χ1) is 15.2. The van der Waals surface area contributed by atoms with Gasteiger partial charge >= 0.3 is 0 Å². The highest BCUT2D eigenvalue weighted by Crippen LogP contribution is 2.37. The van der Waals surface area contributed by atoms with E-state index in [-0.39, 0.29) is 17.0 Å². The van der Waals surface area contributed by atoms with Crippen LogP contribution in [-0.4, -0.2) is 39.3 Å². The van der Waals surface area contributed by atoms with Gasteiger partial charge in [0.25, 0.3) is 11.5 Å². The second-order valence-electron chi connectivity index (χ2n) is 9.19. The van der Waals surface area contributed by atoms with Crippen molar-refractivity contribution in [3.8, 4) is 6.07 Å². The number of aromatic nitrogens is 1. The molecule has 0 bridgehead atoms. The zero-order valence-electron chi connectivity index (χ0n) is 19.6. The number of rotatable bonds is 6. The van der Waals surface area contributed by atoms with Gasteiger partial charge in [0.2, 0.25) is 0 Å². The monoisotopic (exact) mass is 472 g/mol. The van der Waals surface area contributed by atoms with Gasteiger partial charge in [0.05, 0.1) is 4.91 Å². The second kappa shape index (κ2) is 10.2. The lowest BCUT2D eigenvalue weighted by atomic mass is 9.98. The molecule has 0 aliphatic carbocycles. The van der Waals surface area contributed by atoms with E-state index < -0.39 is 0 Å². The number of nitriles is 1. The highest BCUT2D eigenvalue weighted by Gasteiger charge is 2.34. The second-order valence-corrected chi connectivity index (χ2v) is 10.9. The zero-order valence-corrected chi connectivity index (χ0v) is 21.2. The predicted molar refractivity (Wildman–Crippen MR) is 136 cm³/mol. The molecule has 6 nitrogen and oxygen atoms in total. The molecule has 32 heavy (non-hydrogen) atoms. The van der Waals surface area contributed by atoms with E-state index in [0.717, 1.165) is 43.7 Å². The van der Waals surface area contributed by atoms with E-state index in [1.807, 2.05) is 19.9 Å². The number of thioether (sulfide) groups is 1. The van der Waals surface area contributed by atoms with E-state index in [1.54, 1.807) is 9.47 Å². The Morgan fingerprint density at radius 2 is 2.06 bits per heavy atom. The number of hydrogen-bond acceptors (Lipinski definition) is 6. The highest BCUT2D eigenvalue weighted by molar-refractivity contribution is 8.26. The minimum Gasteiger partial charge on any atom is -0.357 e. The summed E-state index contributed by atoms with van der Waals surface area (Å²) >= 11 is 6.78. The summed E-state index contributed by atoms with van der Waals surface area (Å²) < 4.78 is 2.30. The van der Waals surface area contributed by atoms with Crippen LogP contribution in [0.5, 0.6) is 0 Å². The number of hydrogen-bond donors (Lipinski definition) is 0. The number of carbonyl (C=O) groups is 1. The Morgan fingerprint density at radius 3 is 2.66 bits per heavy atom. The summed E-state index contributed by atoms with van der Waals surface area (Å²) in [4.78, 5) is 30.8. The van der Waals surface area contributed by atoms with Gasteiger partial charge in [0.15, 0.2) is 0 Å². The van der Waals surface area contributed by atoms with E-state index >= 15 is 0 Å². The highest BCUT2D eigenvalue weighted by atomic mass is 32.2. The predicted octanol–water partition coefficient (Wildman–Crippen LogP) is 4.53. The van der Waals surface area contributed by atoms with E-state index in [9.17, 15) is 14.9 Å². The summed E-state index contributed by atoms with van der Waals surface area (Å²) in [6.07, 6.45) is 4.85. The molecule has 2 aliphatic heterocycles. The molecule has 2 fully saturated rings. The van der Waals surface area contributed by atoms with Gasteiger partial charge in [0, 0.05) is 31.7 Å². The topological polar surface area (TPSA) is 69.3 Å². The summed E-state index contributed by atoms with van der Waals surface area (Å²) in [6.45, 7) is 13.0. The molecule has 0 aromatic carbocycles. The fraction of sp³-hybridized carbons (Fsp3) is 0.583. The van der Waals surface area contributed by atoms with Crippen LogP contribution in [0.3, 0.4) is 0 Å². The number of piperidine rings is 1. The van der Waals surface area contributed by atoms with Gasteiger partial charge in [-0.25, -0.2) is 0 Å². The van der Waals surface area contributed by atoms with Gasteiger partial charge < -0.3 is 4.90 Å². The molecule has 3 heterocycles. The van der Waals surface area contributed by atoms with Gasteiger partial charge in [-0.05, 0) is 49.7 Å². The summed E-state index contributed by atoms with van der Waals surface area (Å²) in [6, 6.07) is 2.11. The molecule has 0 N–H and O–H groups in total. The molecule has 1 amide bonds. The number of amides is 1. The lowest BCUT2D eigenvalue weighted by molar-refractivity contribution is -0.122. The normalized spacial score (nSPS) is 20.5. The lowest BCUT2D eigenvalue weighted by Crippen LogP contribution is -2.40. The maximum Gasteiger partial charge on any atom is 0.270 e. The van der Waals surface area contributed by atoms with Crippen LogP contribution in [0.2, 0.25) is 0 Å². The Balaban J connectivity index is 2.22. The first kappa shape index (κ1) is 24.5.